The van der Waals surface area contributed by atoms with E-state index in [1.54, 1.807) is 66.6 Å². The molecule has 1 aromatic heterocycles. The highest BCUT2D eigenvalue weighted by Crippen LogP contribution is 2.40. The molecule has 1 aromatic carbocycles. The summed E-state index contributed by atoms with van der Waals surface area (Å²) in [5.74, 6) is -2.28. The molecule has 70 heavy (non-hydrogen) atoms. The highest BCUT2D eigenvalue weighted by atomic mass is 16.7. The molecule has 22 nitrogen and oxygen atoms in total. The number of nitro groups is 1. The van der Waals surface area contributed by atoms with Crippen molar-refractivity contribution in [3.63, 3.8) is 0 Å². The maximum Gasteiger partial charge on any atom is 0.311 e. The van der Waals surface area contributed by atoms with Crippen molar-refractivity contribution in [1.29, 1.82) is 0 Å². The third-order valence-electron chi connectivity index (χ3n) is 14.9. The van der Waals surface area contributed by atoms with E-state index < -0.39 is 119 Å². The van der Waals surface area contributed by atoms with E-state index in [0.29, 0.717) is 30.8 Å². The fourth-order valence-corrected chi connectivity index (χ4v) is 9.99. The molecule has 3 fully saturated rings. The minimum absolute atomic E-state index is 0.0704. The first-order valence-electron chi connectivity index (χ1n) is 24.4. The van der Waals surface area contributed by atoms with Crippen LogP contribution in [0.5, 0.6) is 5.75 Å². The molecular weight excluding hydrogens is 917 g/mol. The predicted octanol–water partition coefficient (Wildman–Crippen LogP) is 1.82. The van der Waals surface area contributed by atoms with Crippen molar-refractivity contribution in [2.24, 2.45) is 11.8 Å². The van der Waals surface area contributed by atoms with Crippen LogP contribution < -0.4 is 4.74 Å². The van der Waals surface area contributed by atoms with Crippen LogP contribution in [0.4, 0.5) is 5.69 Å². The second-order valence-electron chi connectivity index (χ2n) is 20.6. The Morgan fingerprint density at radius 3 is 2.33 bits per heavy atom. The molecule has 6 N–H and O–H groups in total. The second kappa shape index (κ2) is 24.0. The lowest BCUT2D eigenvalue weighted by Crippen LogP contribution is -2.62. The first kappa shape index (κ1) is 57.4. The molecule has 4 heterocycles. The van der Waals surface area contributed by atoms with Gasteiger partial charge in [-0.05, 0) is 94.0 Å². The Bertz CT molecular complexity index is 1980. The Kier molecular flexibility index (Phi) is 19.7. The van der Waals surface area contributed by atoms with E-state index in [9.17, 15) is 45.5 Å². The normalized spacial score (nSPS) is 39.0. The Morgan fingerprint density at radius 1 is 1.03 bits per heavy atom. The number of esters is 1. The lowest BCUT2D eigenvalue weighted by molar-refractivity contribution is -0.384. The molecule has 0 aliphatic carbocycles. The van der Waals surface area contributed by atoms with Gasteiger partial charge < -0.3 is 73.6 Å². The van der Waals surface area contributed by atoms with Crippen LogP contribution in [-0.4, -0.2) is 204 Å². The van der Waals surface area contributed by atoms with Crippen molar-refractivity contribution in [2.45, 2.75) is 197 Å². The molecule has 2 aromatic rings. The van der Waals surface area contributed by atoms with Crippen LogP contribution in [0.3, 0.4) is 0 Å². The van der Waals surface area contributed by atoms with Gasteiger partial charge in [0.05, 0.1) is 58.7 Å². The number of cyclic esters (lactones) is 1. The van der Waals surface area contributed by atoms with E-state index in [1.165, 1.54) is 43.0 Å². The van der Waals surface area contributed by atoms with Crippen LogP contribution >= 0.6 is 0 Å². The fraction of sp³-hybridized carbons (Fsp3) is 0.812. The molecule has 0 bridgehead atoms. The first-order chi connectivity index (χ1) is 32.7. The third-order valence-corrected chi connectivity index (χ3v) is 14.9. The van der Waals surface area contributed by atoms with Gasteiger partial charge in [0.25, 0.3) is 5.69 Å². The molecule has 3 saturated heterocycles. The van der Waals surface area contributed by atoms with Gasteiger partial charge in [0, 0.05) is 69.4 Å². The van der Waals surface area contributed by atoms with Crippen LogP contribution in [0.1, 0.15) is 93.7 Å². The van der Waals surface area contributed by atoms with Crippen LogP contribution in [0.15, 0.2) is 30.5 Å². The van der Waals surface area contributed by atoms with Gasteiger partial charge in [0.1, 0.15) is 48.5 Å². The number of nitrogens with zero attached hydrogens (tertiary/aromatic N) is 6. The van der Waals surface area contributed by atoms with Gasteiger partial charge in [-0.1, -0.05) is 19.1 Å². The van der Waals surface area contributed by atoms with Crippen molar-refractivity contribution in [2.75, 3.05) is 40.9 Å². The predicted molar refractivity (Wildman–Crippen MR) is 252 cm³/mol. The number of nitro benzene ring substituents is 1. The Balaban J connectivity index is 1.36. The maximum atomic E-state index is 14.3. The highest BCUT2D eigenvalue weighted by molar-refractivity contribution is 5.73. The van der Waals surface area contributed by atoms with Crippen molar-refractivity contribution in [3.8, 4) is 5.75 Å². The van der Waals surface area contributed by atoms with Gasteiger partial charge in [-0.2, -0.15) is 0 Å². The number of hydrogen-bond acceptors (Lipinski definition) is 20. The number of aromatic nitrogens is 3. The zero-order valence-electron chi connectivity index (χ0n) is 42.9. The summed E-state index contributed by atoms with van der Waals surface area (Å²) >= 11 is 0. The Morgan fingerprint density at radius 2 is 1.70 bits per heavy atom. The SMILES string of the molecule is CC[C@H]1OC(=O)[C@H](C)[C@@H](O[C@H]2C[C@@](C)(OC)[C@@H](O)[C@H](C)O2)[C@H](C)[C@@H](O[C@@H]2O[C@H](C)C[C@H](N(C)CCc3cn(C[C@@H](O)COc4ccc([N+](=O)[O-])cc4)nn3)[C@H]2O)[C@](C)(O)CCN(C)[C@H](C)[C@@H](O)[C@]1(C)O. The third kappa shape index (κ3) is 13.8. The Labute approximate surface area is 411 Å². The minimum atomic E-state index is -1.86. The average molecular weight is 997 g/mol. The van der Waals surface area contributed by atoms with Gasteiger partial charge >= 0.3 is 5.97 Å². The zero-order valence-corrected chi connectivity index (χ0v) is 42.9. The summed E-state index contributed by atoms with van der Waals surface area (Å²) < 4.78 is 45.0. The molecule has 0 radical (unpaired) electrons. The van der Waals surface area contributed by atoms with Crippen molar-refractivity contribution in [1.82, 2.24) is 24.8 Å². The lowest BCUT2D eigenvalue weighted by atomic mass is 9.79. The van der Waals surface area contributed by atoms with E-state index in [-0.39, 0.29) is 44.6 Å². The maximum absolute atomic E-state index is 14.3. The number of carbonyl (C=O) groups is 1. The van der Waals surface area contributed by atoms with E-state index in [2.05, 4.69) is 10.3 Å². The van der Waals surface area contributed by atoms with E-state index >= 15 is 0 Å². The average Bonchev–Trinajstić information content (AvgIpc) is 3.77. The summed E-state index contributed by atoms with van der Waals surface area (Å²) in [5.41, 5.74) is -4.06. The molecule has 5 rings (SSSR count). The quantitative estimate of drug-likeness (QED) is 0.0795. The second-order valence-corrected chi connectivity index (χ2v) is 20.6. The number of ether oxygens (including phenoxy) is 7. The summed E-state index contributed by atoms with van der Waals surface area (Å²) in [6, 6.07) is 4.43. The van der Waals surface area contributed by atoms with Crippen LogP contribution in [0.25, 0.3) is 0 Å². The van der Waals surface area contributed by atoms with E-state index in [1.807, 2.05) is 18.9 Å². The topological polar surface area (TPSA) is 283 Å². The molecule has 0 unspecified atom stereocenters. The molecule has 22 heteroatoms. The molecule has 0 spiro atoms. The molecule has 398 valence electrons. The summed E-state index contributed by atoms with van der Waals surface area (Å²) in [6.45, 7) is 15.9. The number of hydrogen-bond donors (Lipinski definition) is 6. The number of aliphatic hydroxyl groups excluding tert-OH is 4. The largest absolute Gasteiger partial charge is 0.491 e. The van der Waals surface area contributed by atoms with Crippen LogP contribution in [0.2, 0.25) is 0 Å². The van der Waals surface area contributed by atoms with Crippen molar-refractivity contribution >= 4 is 11.7 Å². The smallest absolute Gasteiger partial charge is 0.311 e. The van der Waals surface area contributed by atoms with Crippen LogP contribution in [0, 0.1) is 22.0 Å². The number of carbonyl (C=O) groups excluding carboxylic acids is 1. The molecule has 0 amide bonds. The number of aliphatic hydroxyl groups is 6. The van der Waals surface area contributed by atoms with E-state index in [0.717, 1.165) is 0 Å². The van der Waals surface area contributed by atoms with Crippen LogP contribution in [-0.2, 0) is 46.2 Å². The summed E-state index contributed by atoms with van der Waals surface area (Å²) in [7, 11) is 5.11. The molecule has 3 aliphatic rings. The molecule has 0 saturated carbocycles. The highest BCUT2D eigenvalue weighted by Gasteiger charge is 2.53. The van der Waals surface area contributed by atoms with Gasteiger partial charge in [-0.15, -0.1) is 5.10 Å². The van der Waals surface area contributed by atoms with E-state index in [4.69, 9.17) is 33.2 Å². The summed E-state index contributed by atoms with van der Waals surface area (Å²) in [4.78, 5) is 28.6. The van der Waals surface area contributed by atoms with Crippen molar-refractivity contribution in [3.05, 3.63) is 46.3 Å². The first-order valence-corrected chi connectivity index (χ1v) is 24.4. The van der Waals surface area contributed by atoms with Gasteiger partial charge in [-0.3, -0.25) is 14.9 Å². The number of non-ortho nitro benzene ring substituents is 1. The number of likely N-dealkylation sites (N-methyl/N-ethyl adjacent to an activating group) is 2. The molecular formula is C48H80N6O16. The minimum Gasteiger partial charge on any atom is -0.491 e. The fourth-order valence-electron chi connectivity index (χ4n) is 9.99. The number of rotatable bonds is 16. The monoisotopic (exact) mass is 997 g/mol. The Hall–Kier alpha value is -3.49. The number of benzene rings is 1. The van der Waals surface area contributed by atoms with Crippen molar-refractivity contribution < 1.29 is 73.5 Å². The summed E-state index contributed by atoms with van der Waals surface area (Å²) in [6.07, 6.45) is -8.36. The number of methoxy groups -OCH3 is 1. The standard InChI is InChI=1S/C48H80N6O16/c1-13-37-48(9,61)41(57)30(5)51(10)21-19-46(7,60)43(28(3)40(29(4)44(59)68-37)69-38-23-47(8,64-12)42(58)31(6)67-38)70-45-39(56)36(22-27(2)66-45)52(11)20-18-32-24-53(50-49-32)25-34(55)26-65-35-16-14-33(15-17-35)54(62)63/h14-17,24,27-31,34,36-43,45,55-58,60-61H,13,18-23,25-26H2,1-12H3/t27-,28+,29-,30-,31+,34-,36+,37-,38+,39-,40+,41-,42+,43-,45+,46-,47-,48-/m1/s1. The zero-order chi connectivity index (χ0) is 52.0. The lowest BCUT2D eigenvalue weighted by Gasteiger charge is -2.49. The van der Waals surface area contributed by atoms with Gasteiger partial charge in [0.2, 0.25) is 0 Å². The molecule has 18 atom stereocenters. The molecule has 3 aliphatic heterocycles. The summed E-state index contributed by atoms with van der Waals surface area (Å²) in [5, 5.41) is 89.1. The van der Waals surface area contributed by atoms with Gasteiger partial charge in [-0.25, -0.2) is 4.68 Å². The van der Waals surface area contributed by atoms with Gasteiger partial charge in [0.15, 0.2) is 12.6 Å².